The maximum atomic E-state index is 2.60. The molecule has 0 amide bonds. The van der Waals surface area contributed by atoms with Crippen LogP contribution in [0.25, 0.3) is 10.9 Å². The van der Waals surface area contributed by atoms with Crippen LogP contribution in [0.2, 0.25) is 0 Å². The van der Waals surface area contributed by atoms with Gasteiger partial charge in [0.15, 0.2) is 0 Å². The van der Waals surface area contributed by atoms with Gasteiger partial charge < -0.3 is 9.47 Å². The lowest BCUT2D eigenvalue weighted by atomic mass is 9.93. The summed E-state index contributed by atoms with van der Waals surface area (Å²) in [6.45, 7) is 3.27. The van der Waals surface area contributed by atoms with E-state index >= 15 is 0 Å². The molecule has 2 aromatic carbocycles. The van der Waals surface area contributed by atoms with Gasteiger partial charge in [0.05, 0.1) is 0 Å². The Morgan fingerprint density at radius 2 is 1.68 bits per heavy atom. The van der Waals surface area contributed by atoms with Crippen molar-refractivity contribution >= 4 is 10.9 Å². The summed E-state index contributed by atoms with van der Waals surface area (Å²) in [4.78, 5) is 5.00. The highest BCUT2D eigenvalue weighted by Gasteiger charge is 2.36. The summed E-state index contributed by atoms with van der Waals surface area (Å²) in [5, 5.41) is 1.41. The molecule has 1 aliphatic rings. The van der Waals surface area contributed by atoms with Crippen LogP contribution in [0.4, 0.5) is 0 Å². The van der Waals surface area contributed by atoms with E-state index in [1.165, 1.54) is 22.0 Å². The monoisotopic (exact) mass is 333 g/mol. The van der Waals surface area contributed by atoms with Crippen LogP contribution in [-0.2, 0) is 13.6 Å². The molecule has 0 spiro atoms. The molecule has 2 atom stereocenters. The summed E-state index contributed by atoms with van der Waals surface area (Å²) in [5.74, 6) is 0.546. The van der Waals surface area contributed by atoms with Crippen molar-refractivity contribution in [2.45, 2.75) is 18.5 Å². The largest absolute Gasteiger partial charge is 0.350 e. The summed E-state index contributed by atoms with van der Waals surface area (Å²) < 4.78 is 2.28. The van der Waals surface area contributed by atoms with E-state index < -0.39 is 0 Å². The summed E-state index contributed by atoms with van der Waals surface area (Å²) in [6, 6.07) is 20.2. The van der Waals surface area contributed by atoms with Crippen molar-refractivity contribution in [1.29, 1.82) is 0 Å². The number of aromatic nitrogens is 1. The van der Waals surface area contributed by atoms with Crippen LogP contribution in [-0.4, -0.2) is 47.6 Å². The average Bonchev–Trinajstić information content (AvgIpc) is 3.18. The zero-order chi connectivity index (χ0) is 17.4. The third-order valence-electron chi connectivity index (χ3n) is 5.60. The van der Waals surface area contributed by atoms with Gasteiger partial charge in [0.2, 0.25) is 0 Å². The van der Waals surface area contributed by atoms with Crippen molar-refractivity contribution in [1.82, 2.24) is 14.4 Å². The highest BCUT2D eigenvalue weighted by atomic mass is 15.2. The molecule has 3 aromatic rings. The van der Waals surface area contributed by atoms with Crippen LogP contribution in [0, 0.1) is 0 Å². The number of likely N-dealkylation sites (N-methyl/N-ethyl adjacent to an activating group) is 1. The first-order chi connectivity index (χ1) is 12.1. The Balaban J connectivity index is 1.65. The third kappa shape index (κ3) is 3.10. The highest BCUT2D eigenvalue weighted by Crippen LogP contribution is 2.36. The number of fused-ring (bicyclic) bond motifs is 1. The number of para-hydroxylation sites is 1. The second-order valence-electron chi connectivity index (χ2n) is 7.53. The molecule has 1 saturated heterocycles. The number of hydrogen-bond acceptors (Lipinski definition) is 2. The topological polar surface area (TPSA) is 11.4 Å². The van der Waals surface area contributed by atoms with Crippen molar-refractivity contribution in [2.75, 3.05) is 27.2 Å². The van der Waals surface area contributed by atoms with E-state index in [4.69, 9.17) is 0 Å². The zero-order valence-electron chi connectivity index (χ0n) is 15.4. The molecule has 1 aliphatic heterocycles. The number of rotatable bonds is 4. The average molecular weight is 333 g/mol. The molecule has 3 nitrogen and oxygen atoms in total. The molecule has 2 heterocycles. The van der Waals surface area contributed by atoms with E-state index in [9.17, 15) is 0 Å². The minimum Gasteiger partial charge on any atom is -0.350 e. The van der Waals surface area contributed by atoms with Gasteiger partial charge >= 0.3 is 0 Å². The smallest absolute Gasteiger partial charge is 0.0480 e. The summed E-state index contributed by atoms with van der Waals surface area (Å²) in [6.07, 6.45) is 2.35. The summed E-state index contributed by atoms with van der Waals surface area (Å²) in [7, 11) is 6.59. The Bertz CT molecular complexity index is 850. The van der Waals surface area contributed by atoms with E-state index in [2.05, 4.69) is 96.3 Å². The fourth-order valence-corrected chi connectivity index (χ4v) is 4.33. The molecule has 1 aromatic heterocycles. The van der Waals surface area contributed by atoms with Gasteiger partial charge in [-0.15, -0.1) is 0 Å². The second-order valence-corrected chi connectivity index (χ2v) is 7.53. The first kappa shape index (κ1) is 16.4. The fourth-order valence-electron chi connectivity index (χ4n) is 4.33. The van der Waals surface area contributed by atoms with Crippen molar-refractivity contribution in [2.24, 2.45) is 7.05 Å². The predicted molar refractivity (Wildman–Crippen MR) is 105 cm³/mol. The van der Waals surface area contributed by atoms with Gasteiger partial charge in [-0.2, -0.15) is 0 Å². The highest BCUT2D eigenvalue weighted by molar-refractivity contribution is 5.84. The van der Waals surface area contributed by atoms with Crippen molar-refractivity contribution in [3.05, 3.63) is 71.9 Å². The molecule has 1 fully saturated rings. The van der Waals surface area contributed by atoms with Gasteiger partial charge in [0.1, 0.15) is 0 Å². The summed E-state index contributed by atoms with van der Waals surface area (Å²) in [5.41, 5.74) is 4.22. The minimum atomic E-state index is 0.546. The Kier molecular flexibility index (Phi) is 4.36. The molecular formula is C22H27N3. The number of likely N-dealkylation sites (tertiary alicyclic amines) is 1. The molecule has 0 N–H and O–H groups in total. The molecule has 0 saturated carbocycles. The van der Waals surface area contributed by atoms with Gasteiger partial charge in [-0.1, -0.05) is 48.5 Å². The lowest BCUT2D eigenvalue weighted by Crippen LogP contribution is -2.34. The van der Waals surface area contributed by atoms with Crippen molar-refractivity contribution in [3.8, 4) is 0 Å². The summed E-state index contributed by atoms with van der Waals surface area (Å²) >= 11 is 0. The third-order valence-corrected chi connectivity index (χ3v) is 5.60. The van der Waals surface area contributed by atoms with Crippen LogP contribution >= 0.6 is 0 Å². The molecule has 0 aliphatic carbocycles. The van der Waals surface area contributed by atoms with Crippen molar-refractivity contribution < 1.29 is 0 Å². The molecule has 25 heavy (non-hydrogen) atoms. The normalized spacial score (nSPS) is 21.4. The van der Waals surface area contributed by atoms with Crippen LogP contribution < -0.4 is 0 Å². The quantitative estimate of drug-likeness (QED) is 0.721. The number of benzene rings is 2. The second kappa shape index (κ2) is 6.66. The Morgan fingerprint density at radius 3 is 2.44 bits per heavy atom. The number of nitrogens with zero attached hydrogens (tertiary/aromatic N) is 3. The number of hydrogen-bond donors (Lipinski definition) is 0. The van der Waals surface area contributed by atoms with E-state index in [1.54, 1.807) is 0 Å². The lowest BCUT2D eigenvalue weighted by molar-refractivity contribution is 0.260. The molecular weight excluding hydrogens is 306 g/mol. The Labute approximate surface area is 150 Å². The molecule has 0 unspecified atom stereocenters. The molecule has 0 bridgehead atoms. The van der Waals surface area contributed by atoms with Crippen LogP contribution in [0.15, 0.2) is 60.8 Å². The maximum Gasteiger partial charge on any atom is 0.0480 e. The predicted octanol–water partition coefficient (Wildman–Crippen LogP) is 3.71. The lowest BCUT2D eigenvalue weighted by Gasteiger charge is -2.25. The zero-order valence-corrected chi connectivity index (χ0v) is 15.4. The first-order valence-electron chi connectivity index (χ1n) is 9.10. The van der Waals surface area contributed by atoms with E-state index in [-0.39, 0.29) is 0 Å². The van der Waals surface area contributed by atoms with Crippen LogP contribution in [0.1, 0.15) is 17.0 Å². The first-order valence-corrected chi connectivity index (χ1v) is 9.10. The molecule has 4 rings (SSSR count). The van der Waals surface area contributed by atoms with Crippen LogP contribution in [0.3, 0.4) is 0 Å². The van der Waals surface area contributed by atoms with Gasteiger partial charge in [-0.25, -0.2) is 0 Å². The SMILES string of the molecule is CN(C)[C@@H]1CN(Cc2ccccc2)C[C@H]1c1cn(C)c2ccccc12. The van der Waals surface area contributed by atoms with Gasteiger partial charge in [0.25, 0.3) is 0 Å². The Morgan fingerprint density at radius 1 is 0.960 bits per heavy atom. The van der Waals surface area contributed by atoms with E-state index in [1.807, 2.05) is 0 Å². The fraction of sp³-hybridized carbons (Fsp3) is 0.364. The maximum absolute atomic E-state index is 2.60. The van der Waals surface area contributed by atoms with Gasteiger partial charge in [-0.05, 0) is 31.3 Å². The van der Waals surface area contributed by atoms with Crippen LogP contribution in [0.5, 0.6) is 0 Å². The minimum absolute atomic E-state index is 0.546. The number of aryl methyl sites for hydroxylation is 1. The van der Waals surface area contributed by atoms with Gasteiger partial charge in [-0.3, -0.25) is 4.90 Å². The van der Waals surface area contributed by atoms with E-state index in [0.29, 0.717) is 12.0 Å². The van der Waals surface area contributed by atoms with Gasteiger partial charge in [0, 0.05) is 55.7 Å². The van der Waals surface area contributed by atoms with E-state index in [0.717, 1.165) is 19.6 Å². The Hall–Kier alpha value is -2.10. The molecule has 3 heteroatoms. The van der Waals surface area contributed by atoms with Crippen molar-refractivity contribution in [3.63, 3.8) is 0 Å². The molecule has 130 valence electrons. The molecule has 0 radical (unpaired) electrons. The standard InChI is InChI=1S/C22H27N3/c1-23(2)22-16-25(13-17-9-5-4-6-10-17)15-20(22)19-14-24(3)21-12-8-7-11-18(19)21/h4-12,14,20,22H,13,15-16H2,1-3H3/t20-,22+/m0/s1.